The largest absolute Gasteiger partial charge is 0.224 e. The molecule has 1 heterocycles. The number of hydrogen-bond donors (Lipinski definition) is 0. The second-order valence-electron chi connectivity index (χ2n) is 6.24. The van der Waals surface area contributed by atoms with Crippen LogP contribution in [0, 0.1) is 0 Å². The topological polar surface area (TPSA) is 34.1 Å². The van der Waals surface area contributed by atoms with Crippen LogP contribution >= 0.6 is 22.9 Å². The van der Waals surface area contributed by atoms with E-state index in [2.05, 4.69) is 6.92 Å². The summed E-state index contributed by atoms with van der Waals surface area (Å²) in [6, 6.07) is 19.0. The molecule has 0 aliphatic rings. The highest BCUT2D eigenvalue weighted by Crippen LogP contribution is 2.29. The van der Waals surface area contributed by atoms with E-state index in [0.29, 0.717) is 16.3 Å². The zero-order chi connectivity index (χ0) is 18.6. The average molecular weight is 405 g/mol. The van der Waals surface area contributed by atoms with Crippen LogP contribution in [0.4, 0.5) is 0 Å². The lowest BCUT2D eigenvalue weighted by Gasteiger charge is -2.05. The molecule has 0 aliphatic carbocycles. The molecule has 0 atom stereocenters. The maximum atomic E-state index is 12.6. The van der Waals surface area contributed by atoms with E-state index in [9.17, 15) is 8.42 Å². The van der Waals surface area contributed by atoms with Gasteiger partial charge in [-0.2, -0.15) is 0 Å². The number of rotatable bonds is 7. The van der Waals surface area contributed by atoms with Gasteiger partial charge in [-0.25, -0.2) is 8.42 Å². The lowest BCUT2D eigenvalue weighted by atomic mass is 10.1. The maximum Gasteiger partial charge on any atom is 0.178 e. The molecule has 0 fully saturated rings. The van der Waals surface area contributed by atoms with Crippen molar-refractivity contribution in [3.63, 3.8) is 0 Å². The maximum absolute atomic E-state index is 12.6. The van der Waals surface area contributed by atoms with Crippen LogP contribution in [0.3, 0.4) is 0 Å². The first-order valence-corrected chi connectivity index (χ1v) is 11.5. The summed E-state index contributed by atoms with van der Waals surface area (Å²) in [5.41, 5.74) is 2.28. The summed E-state index contributed by atoms with van der Waals surface area (Å²) in [6.45, 7) is 2.12. The van der Waals surface area contributed by atoms with Crippen molar-refractivity contribution in [2.75, 3.05) is 5.75 Å². The minimum atomic E-state index is -3.26. The Hall–Kier alpha value is -1.62. The van der Waals surface area contributed by atoms with E-state index < -0.39 is 9.84 Å². The van der Waals surface area contributed by atoms with Gasteiger partial charge in [-0.1, -0.05) is 49.2 Å². The lowest BCUT2D eigenvalue weighted by Crippen LogP contribution is -2.08. The van der Waals surface area contributed by atoms with E-state index in [1.54, 1.807) is 23.5 Å². The van der Waals surface area contributed by atoms with E-state index in [1.807, 2.05) is 48.5 Å². The summed E-state index contributed by atoms with van der Waals surface area (Å²) in [6.07, 6.45) is 2.56. The van der Waals surface area contributed by atoms with Crippen molar-refractivity contribution >= 4 is 32.8 Å². The first-order chi connectivity index (χ1) is 12.5. The van der Waals surface area contributed by atoms with E-state index in [1.165, 1.54) is 5.56 Å². The third kappa shape index (κ3) is 4.76. The van der Waals surface area contributed by atoms with Crippen LogP contribution < -0.4 is 0 Å². The van der Waals surface area contributed by atoms with E-state index in [0.717, 1.165) is 28.2 Å². The number of aryl methyl sites for hydroxylation is 2. The summed E-state index contributed by atoms with van der Waals surface area (Å²) >= 11 is 7.56. The molecule has 0 N–H and O–H groups in total. The molecule has 0 amide bonds. The zero-order valence-electron chi connectivity index (χ0n) is 14.6. The molecule has 5 heteroatoms. The lowest BCUT2D eigenvalue weighted by molar-refractivity contribution is 0.595. The van der Waals surface area contributed by atoms with Gasteiger partial charge in [-0.05, 0) is 60.4 Å². The van der Waals surface area contributed by atoms with Gasteiger partial charge >= 0.3 is 0 Å². The molecule has 2 aromatic carbocycles. The number of hydrogen-bond acceptors (Lipinski definition) is 3. The third-order valence-electron chi connectivity index (χ3n) is 4.23. The van der Waals surface area contributed by atoms with Crippen LogP contribution in [0.15, 0.2) is 65.6 Å². The van der Waals surface area contributed by atoms with Crippen molar-refractivity contribution < 1.29 is 8.42 Å². The molecular formula is C21H21ClO2S2. The van der Waals surface area contributed by atoms with Gasteiger partial charge in [0.2, 0.25) is 0 Å². The first kappa shape index (κ1) is 19.2. The molecule has 0 aliphatic heterocycles. The molecule has 0 saturated carbocycles. The van der Waals surface area contributed by atoms with Crippen LogP contribution in [0.5, 0.6) is 0 Å². The van der Waals surface area contributed by atoms with Crippen molar-refractivity contribution in [3.8, 4) is 10.4 Å². The van der Waals surface area contributed by atoms with Gasteiger partial charge in [0.15, 0.2) is 9.84 Å². The Morgan fingerprint density at radius 3 is 2.23 bits per heavy atom. The van der Waals surface area contributed by atoms with Crippen molar-refractivity contribution in [3.05, 3.63) is 76.1 Å². The monoisotopic (exact) mass is 404 g/mol. The van der Waals surface area contributed by atoms with Crippen LogP contribution in [-0.4, -0.2) is 14.2 Å². The van der Waals surface area contributed by atoms with Crippen molar-refractivity contribution in [2.45, 2.75) is 31.1 Å². The molecule has 136 valence electrons. The molecule has 1 aromatic heterocycles. The molecule has 3 rings (SSSR count). The SMILES string of the molecule is CCCc1ccc(S(=O)(=O)CCc2ccc(-c3ccc(Cl)cc3)s2)cc1. The van der Waals surface area contributed by atoms with Crippen LogP contribution in [-0.2, 0) is 22.7 Å². The number of thiophene rings is 1. The van der Waals surface area contributed by atoms with Crippen molar-refractivity contribution in [2.24, 2.45) is 0 Å². The van der Waals surface area contributed by atoms with Crippen LogP contribution in [0.1, 0.15) is 23.8 Å². The van der Waals surface area contributed by atoms with Gasteiger partial charge in [0.05, 0.1) is 10.6 Å². The molecule has 0 spiro atoms. The number of sulfone groups is 1. The van der Waals surface area contributed by atoms with Crippen molar-refractivity contribution in [1.82, 2.24) is 0 Å². The summed E-state index contributed by atoms with van der Waals surface area (Å²) in [7, 11) is -3.26. The molecule has 3 aromatic rings. The van der Waals surface area contributed by atoms with Gasteiger partial charge in [-0.3, -0.25) is 0 Å². The fraction of sp³-hybridized carbons (Fsp3) is 0.238. The molecule has 0 bridgehead atoms. The first-order valence-electron chi connectivity index (χ1n) is 8.64. The summed E-state index contributed by atoms with van der Waals surface area (Å²) in [4.78, 5) is 2.60. The Bertz CT molecular complexity index is 956. The predicted octanol–water partition coefficient (Wildman–Crippen LogP) is 6.04. The second-order valence-corrected chi connectivity index (χ2v) is 9.95. The number of benzene rings is 2. The smallest absolute Gasteiger partial charge is 0.178 e. The standard InChI is InChI=1S/C21H21ClO2S2/c1-2-3-16-4-11-20(12-5-16)26(23,24)15-14-19-10-13-21(25-19)17-6-8-18(22)9-7-17/h4-13H,2-3,14-15H2,1H3. The van der Waals surface area contributed by atoms with Gasteiger partial charge < -0.3 is 0 Å². The fourth-order valence-electron chi connectivity index (χ4n) is 2.79. The fourth-order valence-corrected chi connectivity index (χ4v) is 5.33. The second kappa shape index (κ2) is 8.38. The molecular weight excluding hydrogens is 384 g/mol. The molecule has 26 heavy (non-hydrogen) atoms. The Balaban J connectivity index is 1.67. The number of halogens is 1. The zero-order valence-corrected chi connectivity index (χ0v) is 17.0. The molecule has 0 radical (unpaired) electrons. The summed E-state index contributed by atoms with van der Waals surface area (Å²) < 4.78 is 25.2. The third-order valence-corrected chi connectivity index (χ3v) is 7.41. The van der Waals surface area contributed by atoms with E-state index >= 15 is 0 Å². The quantitative estimate of drug-likeness (QED) is 0.481. The molecule has 2 nitrogen and oxygen atoms in total. The average Bonchev–Trinajstić information content (AvgIpc) is 3.11. The summed E-state index contributed by atoms with van der Waals surface area (Å²) in [5, 5.41) is 0.710. The Kier molecular flexibility index (Phi) is 6.17. The Morgan fingerprint density at radius 2 is 1.58 bits per heavy atom. The highest BCUT2D eigenvalue weighted by molar-refractivity contribution is 7.91. The van der Waals surface area contributed by atoms with E-state index in [-0.39, 0.29) is 5.75 Å². The van der Waals surface area contributed by atoms with Crippen LogP contribution in [0.2, 0.25) is 5.02 Å². The van der Waals surface area contributed by atoms with Gasteiger partial charge in [0.25, 0.3) is 0 Å². The van der Waals surface area contributed by atoms with Gasteiger partial charge in [-0.15, -0.1) is 11.3 Å². The highest BCUT2D eigenvalue weighted by atomic mass is 35.5. The van der Waals surface area contributed by atoms with Gasteiger partial charge in [0.1, 0.15) is 0 Å². The minimum Gasteiger partial charge on any atom is -0.224 e. The van der Waals surface area contributed by atoms with E-state index in [4.69, 9.17) is 11.6 Å². The predicted molar refractivity (Wildman–Crippen MR) is 111 cm³/mol. The normalized spacial score (nSPS) is 11.6. The van der Waals surface area contributed by atoms with Gasteiger partial charge in [0, 0.05) is 14.8 Å². The minimum absolute atomic E-state index is 0.126. The molecule has 0 saturated heterocycles. The Morgan fingerprint density at radius 1 is 0.885 bits per heavy atom. The molecule has 0 unspecified atom stereocenters. The van der Waals surface area contributed by atoms with Crippen molar-refractivity contribution in [1.29, 1.82) is 0 Å². The highest BCUT2D eigenvalue weighted by Gasteiger charge is 2.15. The summed E-state index contributed by atoms with van der Waals surface area (Å²) in [5.74, 6) is 0.126. The Labute approximate surface area is 164 Å². The van der Waals surface area contributed by atoms with Crippen LogP contribution in [0.25, 0.3) is 10.4 Å².